The van der Waals surface area contributed by atoms with Crippen LogP contribution in [0.2, 0.25) is 0 Å². The largest absolute Gasteiger partial charge is 0.383 e. The summed E-state index contributed by atoms with van der Waals surface area (Å²) in [7, 11) is 1.67. The number of methoxy groups -OCH3 is 1. The van der Waals surface area contributed by atoms with E-state index in [2.05, 4.69) is 21.6 Å². The lowest BCUT2D eigenvalue weighted by atomic mass is 10.1. The smallest absolute Gasteiger partial charge is 0.230 e. The van der Waals surface area contributed by atoms with Gasteiger partial charge in [0.15, 0.2) is 11.0 Å². The van der Waals surface area contributed by atoms with Gasteiger partial charge in [0.2, 0.25) is 5.91 Å². The van der Waals surface area contributed by atoms with Crippen LogP contribution in [-0.4, -0.2) is 40.1 Å². The molecule has 0 fully saturated rings. The van der Waals surface area contributed by atoms with Crippen molar-refractivity contribution in [1.29, 1.82) is 0 Å². The molecule has 2 aromatic carbocycles. The number of thioether (sulfide) groups is 1. The lowest BCUT2D eigenvalue weighted by molar-refractivity contribution is -0.118. The fraction of sp³-hybridized carbons (Fsp3) is 0.286. The van der Waals surface area contributed by atoms with Gasteiger partial charge in [-0.05, 0) is 18.6 Å². The molecule has 28 heavy (non-hydrogen) atoms. The summed E-state index contributed by atoms with van der Waals surface area (Å²) in [6.45, 7) is 3.74. The number of nitrogens with zero attached hydrogens (tertiary/aromatic N) is 3. The zero-order valence-corrected chi connectivity index (χ0v) is 16.9. The molecule has 6 nitrogen and oxygen atoms in total. The highest BCUT2D eigenvalue weighted by Crippen LogP contribution is 2.24. The van der Waals surface area contributed by atoms with E-state index in [9.17, 15) is 4.79 Å². The minimum absolute atomic E-state index is 0.0350. The number of carbonyl (C=O) groups is 1. The fourth-order valence-electron chi connectivity index (χ4n) is 2.75. The number of hydrogen-bond acceptors (Lipinski definition) is 5. The number of ether oxygens (including phenoxy) is 1. The molecular weight excluding hydrogens is 372 g/mol. The minimum atomic E-state index is -0.0350. The van der Waals surface area contributed by atoms with Gasteiger partial charge in [-0.3, -0.25) is 9.36 Å². The molecule has 7 heteroatoms. The Balaban J connectivity index is 1.66. The van der Waals surface area contributed by atoms with Crippen LogP contribution in [0.25, 0.3) is 11.4 Å². The van der Waals surface area contributed by atoms with Gasteiger partial charge in [-0.2, -0.15) is 0 Å². The molecule has 0 aliphatic heterocycles. The molecule has 1 heterocycles. The highest BCUT2D eigenvalue weighted by atomic mass is 32.2. The number of hydrogen-bond donors (Lipinski definition) is 1. The average molecular weight is 397 g/mol. The molecule has 0 atom stereocenters. The van der Waals surface area contributed by atoms with Crippen LogP contribution in [-0.2, 0) is 22.6 Å². The third-order valence-corrected chi connectivity index (χ3v) is 5.14. The van der Waals surface area contributed by atoms with Crippen LogP contribution < -0.4 is 5.32 Å². The van der Waals surface area contributed by atoms with Crippen molar-refractivity contribution in [1.82, 2.24) is 20.1 Å². The standard InChI is InChI=1S/C21H24N4O2S/c1-16-7-6-10-18(13-16)20-23-24-21(25(20)11-12-27-2)28-15-19(26)22-14-17-8-4-3-5-9-17/h3-10,13H,11-12,14-15H2,1-2H3,(H,22,26). The molecule has 0 aliphatic carbocycles. The number of rotatable bonds is 9. The predicted octanol–water partition coefficient (Wildman–Crippen LogP) is 3.31. The van der Waals surface area contributed by atoms with Gasteiger partial charge in [0.05, 0.1) is 18.9 Å². The molecule has 0 bridgehead atoms. The first-order valence-corrected chi connectivity index (χ1v) is 10.1. The molecule has 1 amide bonds. The fourth-order valence-corrected chi connectivity index (χ4v) is 3.55. The van der Waals surface area contributed by atoms with Crippen molar-refractivity contribution in [2.45, 2.75) is 25.2 Å². The zero-order chi connectivity index (χ0) is 19.8. The van der Waals surface area contributed by atoms with Crippen LogP contribution in [0.4, 0.5) is 0 Å². The number of amides is 1. The molecule has 3 rings (SSSR count). The summed E-state index contributed by atoms with van der Waals surface area (Å²) < 4.78 is 7.24. The number of aryl methyl sites for hydroxylation is 1. The summed E-state index contributed by atoms with van der Waals surface area (Å²) in [6, 6.07) is 18.0. The van der Waals surface area contributed by atoms with Gasteiger partial charge in [0, 0.05) is 19.2 Å². The van der Waals surface area contributed by atoms with Crippen LogP contribution in [0.15, 0.2) is 59.8 Å². The molecule has 1 N–H and O–H groups in total. The van der Waals surface area contributed by atoms with Crippen LogP contribution in [0, 0.1) is 6.92 Å². The van der Waals surface area contributed by atoms with E-state index in [0.29, 0.717) is 24.9 Å². The molecular formula is C21H24N4O2S. The molecule has 0 radical (unpaired) electrons. The first kappa shape index (κ1) is 20.1. The van der Waals surface area contributed by atoms with Crippen molar-refractivity contribution < 1.29 is 9.53 Å². The quantitative estimate of drug-likeness (QED) is 0.562. The van der Waals surface area contributed by atoms with E-state index in [1.807, 2.05) is 60.0 Å². The van der Waals surface area contributed by atoms with Gasteiger partial charge >= 0.3 is 0 Å². The number of aromatic nitrogens is 3. The molecule has 3 aromatic rings. The maximum atomic E-state index is 12.2. The monoisotopic (exact) mass is 396 g/mol. The Kier molecular flexibility index (Phi) is 7.22. The predicted molar refractivity (Wildman–Crippen MR) is 111 cm³/mol. The molecule has 0 spiro atoms. The number of benzene rings is 2. The Hall–Kier alpha value is -2.64. The Morgan fingerprint density at radius 3 is 2.71 bits per heavy atom. The van der Waals surface area contributed by atoms with Gasteiger partial charge in [-0.25, -0.2) is 0 Å². The summed E-state index contributed by atoms with van der Waals surface area (Å²) in [5.74, 6) is 1.03. The molecule has 0 unspecified atom stereocenters. The van der Waals surface area contributed by atoms with Crippen LogP contribution in [0.5, 0.6) is 0 Å². The molecule has 146 valence electrons. The van der Waals surface area contributed by atoms with E-state index in [-0.39, 0.29) is 11.7 Å². The van der Waals surface area contributed by atoms with E-state index >= 15 is 0 Å². The van der Waals surface area contributed by atoms with Gasteiger partial charge < -0.3 is 10.1 Å². The second-order valence-corrected chi connectivity index (χ2v) is 7.31. The molecule has 1 aromatic heterocycles. The summed E-state index contributed by atoms with van der Waals surface area (Å²) in [4.78, 5) is 12.2. The lowest BCUT2D eigenvalue weighted by Crippen LogP contribution is -2.24. The summed E-state index contributed by atoms with van der Waals surface area (Å²) in [5, 5.41) is 12.3. The number of carbonyl (C=O) groups excluding carboxylic acids is 1. The summed E-state index contributed by atoms with van der Waals surface area (Å²) >= 11 is 1.38. The Bertz CT molecular complexity index is 912. The second kappa shape index (κ2) is 10.1. The normalized spacial score (nSPS) is 10.8. The van der Waals surface area contributed by atoms with E-state index in [0.717, 1.165) is 22.5 Å². The van der Waals surface area contributed by atoms with E-state index in [4.69, 9.17) is 4.74 Å². The van der Waals surface area contributed by atoms with Gasteiger partial charge in [0.25, 0.3) is 0 Å². The van der Waals surface area contributed by atoms with Crippen molar-refractivity contribution in [2.75, 3.05) is 19.5 Å². The molecule has 0 saturated heterocycles. The third kappa shape index (κ3) is 5.43. The Labute approximate surface area is 169 Å². The topological polar surface area (TPSA) is 69.0 Å². The second-order valence-electron chi connectivity index (χ2n) is 6.37. The van der Waals surface area contributed by atoms with Crippen molar-refractivity contribution in [3.63, 3.8) is 0 Å². The number of nitrogens with one attached hydrogen (secondary N) is 1. The Morgan fingerprint density at radius 1 is 1.14 bits per heavy atom. The SMILES string of the molecule is COCCn1c(SCC(=O)NCc2ccccc2)nnc1-c1cccc(C)c1. The van der Waals surface area contributed by atoms with Crippen LogP contribution >= 0.6 is 11.8 Å². The average Bonchev–Trinajstić information content (AvgIpc) is 3.12. The van der Waals surface area contributed by atoms with E-state index in [1.165, 1.54) is 11.8 Å². The summed E-state index contributed by atoms with van der Waals surface area (Å²) in [6.07, 6.45) is 0. The summed E-state index contributed by atoms with van der Waals surface area (Å²) in [5.41, 5.74) is 3.24. The lowest BCUT2D eigenvalue weighted by Gasteiger charge is -2.10. The Morgan fingerprint density at radius 2 is 1.96 bits per heavy atom. The van der Waals surface area contributed by atoms with Gasteiger partial charge in [-0.1, -0.05) is 65.9 Å². The molecule has 0 aliphatic rings. The van der Waals surface area contributed by atoms with E-state index < -0.39 is 0 Å². The van der Waals surface area contributed by atoms with Crippen molar-refractivity contribution >= 4 is 17.7 Å². The highest BCUT2D eigenvalue weighted by Gasteiger charge is 2.15. The maximum absolute atomic E-state index is 12.2. The van der Waals surface area contributed by atoms with Crippen molar-refractivity contribution in [3.05, 3.63) is 65.7 Å². The van der Waals surface area contributed by atoms with Crippen LogP contribution in [0.1, 0.15) is 11.1 Å². The minimum Gasteiger partial charge on any atom is -0.383 e. The van der Waals surface area contributed by atoms with E-state index in [1.54, 1.807) is 7.11 Å². The highest BCUT2D eigenvalue weighted by molar-refractivity contribution is 7.99. The van der Waals surface area contributed by atoms with Gasteiger partial charge in [-0.15, -0.1) is 10.2 Å². The van der Waals surface area contributed by atoms with Gasteiger partial charge in [0.1, 0.15) is 0 Å². The third-order valence-electron chi connectivity index (χ3n) is 4.18. The first-order valence-electron chi connectivity index (χ1n) is 9.10. The zero-order valence-electron chi connectivity index (χ0n) is 16.1. The van der Waals surface area contributed by atoms with Crippen LogP contribution in [0.3, 0.4) is 0 Å². The van der Waals surface area contributed by atoms with Crippen molar-refractivity contribution in [2.24, 2.45) is 0 Å². The molecule has 0 saturated carbocycles. The maximum Gasteiger partial charge on any atom is 0.230 e. The first-order chi connectivity index (χ1) is 13.7. The van der Waals surface area contributed by atoms with Crippen molar-refractivity contribution in [3.8, 4) is 11.4 Å².